The summed E-state index contributed by atoms with van der Waals surface area (Å²) in [5, 5.41) is 0. The third kappa shape index (κ3) is 2.44. The van der Waals surface area contributed by atoms with E-state index in [0.717, 1.165) is 6.07 Å². The minimum atomic E-state index is -0.571. The largest absolute Gasteiger partial charge is 0.370 e. The summed E-state index contributed by atoms with van der Waals surface area (Å²) in [6.07, 6.45) is 0. The van der Waals surface area contributed by atoms with E-state index < -0.39 is 11.6 Å². The fourth-order valence-electron chi connectivity index (χ4n) is 2.18. The van der Waals surface area contributed by atoms with Gasteiger partial charge in [0.05, 0.1) is 12.6 Å². The predicted molar refractivity (Wildman–Crippen MR) is 67.1 cm³/mol. The number of guanidine groups is 1. The maximum Gasteiger partial charge on any atom is 0.191 e. The van der Waals surface area contributed by atoms with Crippen molar-refractivity contribution in [3.63, 3.8) is 0 Å². The van der Waals surface area contributed by atoms with E-state index in [9.17, 15) is 8.78 Å². The average molecular weight is 253 g/mol. The molecule has 2 N–H and O–H groups in total. The topological polar surface area (TPSA) is 41.6 Å². The van der Waals surface area contributed by atoms with Crippen LogP contribution in [0.4, 0.5) is 8.78 Å². The molecule has 1 aromatic rings. The van der Waals surface area contributed by atoms with Gasteiger partial charge in [0.25, 0.3) is 0 Å². The van der Waals surface area contributed by atoms with Crippen LogP contribution in [0.25, 0.3) is 0 Å². The normalized spacial score (nSPS) is 19.5. The van der Waals surface area contributed by atoms with Crippen molar-refractivity contribution in [2.24, 2.45) is 16.6 Å². The monoisotopic (exact) mass is 253 g/mol. The van der Waals surface area contributed by atoms with Crippen LogP contribution in [0.5, 0.6) is 0 Å². The van der Waals surface area contributed by atoms with Gasteiger partial charge >= 0.3 is 0 Å². The van der Waals surface area contributed by atoms with E-state index in [0.29, 0.717) is 30.5 Å². The zero-order chi connectivity index (χ0) is 13.3. The standard InChI is InChI=1S/C13H17F2N3/c1-8(2)7-18-12(6-17-13(18)16)10-4-3-9(14)5-11(10)15/h3-5,8,12H,6-7H2,1-2H3,(H2,16,17). The lowest BCUT2D eigenvalue weighted by molar-refractivity contribution is 0.303. The molecular weight excluding hydrogens is 236 g/mol. The molecule has 0 fully saturated rings. The smallest absolute Gasteiger partial charge is 0.191 e. The van der Waals surface area contributed by atoms with E-state index in [1.807, 2.05) is 4.90 Å². The first-order valence-corrected chi connectivity index (χ1v) is 6.00. The Balaban J connectivity index is 2.27. The van der Waals surface area contributed by atoms with E-state index in [1.54, 1.807) is 0 Å². The number of hydrogen-bond acceptors (Lipinski definition) is 3. The Bertz CT molecular complexity index is 471. The molecule has 3 nitrogen and oxygen atoms in total. The molecule has 1 atom stereocenters. The van der Waals surface area contributed by atoms with Gasteiger partial charge in [-0.1, -0.05) is 19.9 Å². The van der Waals surface area contributed by atoms with E-state index in [1.165, 1.54) is 12.1 Å². The van der Waals surface area contributed by atoms with Crippen molar-refractivity contribution in [3.05, 3.63) is 35.4 Å². The van der Waals surface area contributed by atoms with Gasteiger partial charge in [-0.2, -0.15) is 0 Å². The van der Waals surface area contributed by atoms with Gasteiger partial charge in [-0.05, 0) is 12.0 Å². The summed E-state index contributed by atoms with van der Waals surface area (Å²) in [7, 11) is 0. The molecular formula is C13H17F2N3. The van der Waals surface area contributed by atoms with Crippen LogP contribution in [-0.4, -0.2) is 23.9 Å². The van der Waals surface area contributed by atoms with E-state index in [-0.39, 0.29) is 6.04 Å². The van der Waals surface area contributed by atoms with Gasteiger partial charge in [-0.15, -0.1) is 0 Å². The van der Waals surface area contributed by atoms with Crippen molar-refractivity contribution < 1.29 is 8.78 Å². The summed E-state index contributed by atoms with van der Waals surface area (Å²) in [5.41, 5.74) is 6.26. The maximum absolute atomic E-state index is 13.8. The quantitative estimate of drug-likeness (QED) is 0.898. The van der Waals surface area contributed by atoms with Gasteiger partial charge in [0, 0.05) is 18.2 Å². The minimum absolute atomic E-state index is 0.229. The Morgan fingerprint density at radius 3 is 2.78 bits per heavy atom. The highest BCUT2D eigenvalue weighted by Crippen LogP contribution is 2.28. The zero-order valence-electron chi connectivity index (χ0n) is 10.5. The average Bonchev–Trinajstić information content (AvgIpc) is 2.60. The van der Waals surface area contributed by atoms with Gasteiger partial charge in [0.15, 0.2) is 5.96 Å². The molecule has 5 heteroatoms. The summed E-state index contributed by atoms with van der Waals surface area (Å²) in [6.45, 7) is 5.24. The molecule has 0 radical (unpaired) electrons. The lowest BCUT2D eigenvalue weighted by atomic mass is 10.0. The van der Waals surface area contributed by atoms with Crippen LogP contribution in [0.2, 0.25) is 0 Å². The molecule has 98 valence electrons. The molecule has 1 aliphatic heterocycles. The molecule has 18 heavy (non-hydrogen) atoms. The van der Waals surface area contributed by atoms with Crippen molar-refractivity contribution in [1.82, 2.24) is 4.90 Å². The van der Waals surface area contributed by atoms with Crippen molar-refractivity contribution in [1.29, 1.82) is 0 Å². The number of nitrogens with two attached hydrogens (primary N) is 1. The van der Waals surface area contributed by atoms with Gasteiger partial charge in [-0.25, -0.2) is 8.78 Å². The fourth-order valence-corrected chi connectivity index (χ4v) is 2.18. The number of rotatable bonds is 3. The zero-order valence-corrected chi connectivity index (χ0v) is 10.5. The molecule has 1 heterocycles. The van der Waals surface area contributed by atoms with Crippen LogP contribution in [0.1, 0.15) is 25.5 Å². The van der Waals surface area contributed by atoms with Gasteiger partial charge in [0.2, 0.25) is 0 Å². The summed E-state index contributed by atoms with van der Waals surface area (Å²) in [6, 6.07) is 3.40. The van der Waals surface area contributed by atoms with Crippen LogP contribution in [0.15, 0.2) is 23.2 Å². The SMILES string of the molecule is CC(C)CN1C(N)=NCC1c1ccc(F)cc1F. The molecule has 1 aliphatic rings. The Morgan fingerprint density at radius 2 is 2.17 bits per heavy atom. The first kappa shape index (κ1) is 12.8. The molecule has 0 saturated heterocycles. The van der Waals surface area contributed by atoms with Gasteiger partial charge in [-0.3, -0.25) is 4.99 Å². The van der Waals surface area contributed by atoms with Gasteiger partial charge < -0.3 is 10.6 Å². The molecule has 0 spiro atoms. The van der Waals surface area contributed by atoms with Crippen molar-refractivity contribution in [2.75, 3.05) is 13.1 Å². The Kier molecular flexibility index (Phi) is 3.50. The second kappa shape index (κ2) is 4.92. The number of nitrogens with zero attached hydrogens (tertiary/aromatic N) is 2. The van der Waals surface area contributed by atoms with E-state index in [4.69, 9.17) is 5.73 Å². The third-order valence-electron chi connectivity index (χ3n) is 2.98. The number of benzene rings is 1. The first-order chi connectivity index (χ1) is 8.49. The van der Waals surface area contributed by atoms with Crippen molar-refractivity contribution in [3.8, 4) is 0 Å². The van der Waals surface area contributed by atoms with Crippen LogP contribution < -0.4 is 5.73 Å². The molecule has 0 bridgehead atoms. The summed E-state index contributed by atoms with van der Waals surface area (Å²) in [4.78, 5) is 6.03. The highest BCUT2D eigenvalue weighted by molar-refractivity contribution is 5.80. The van der Waals surface area contributed by atoms with Crippen molar-refractivity contribution >= 4 is 5.96 Å². The lowest BCUT2D eigenvalue weighted by Crippen LogP contribution is -2.38. The second-order valence-corrected chi connectivity index (χ2v) is 4.93. The van der Waals surface area contributed by atoms with Crippen molar-refractivity contribution in [2.45, 2.75) is 19.9 Å². The Morgan fingerprint density at radius 1 is 1.44 bits per heavy atom. The number of hydrogen-bond donors (Lipinski definition) is 1. The molecule has 1 aromatic carbocycles. The van der Waals surface area contributed by atoms with Crippen LogP contribution >= 0.6 is 0 Å². The Labute approximate surface area is 105 Å². The molecule has 1 unspecified atom stereocenters. The number of aliphatic imine (C=N–C) groups is 1. The highest BCUT2D eigenvalue weighted by Gasteiger charge is 2.29. The summed E-state index contributed by atoms with van der Waals surface area (Å²) >= 11 is 0. The second-order valence-electron chi connectivity index (χ2n) is 4.93. The maximum atomic E-state index is 13.8. The predicted octanol–water partition coefficient (Wildman–Crippen LogP) is 2.29. The first-order valence-electron chi connectivity index (χ1n) is 6.00. The summed E-state index contributed by atoms with van der Waals surface area (Å²) < 4.78 is 26.7. The summed E-state index contributed by atoms with van der Waals surface area (Å²) in [5.74, 6) is -0.294. The van der Waals surface area contributed by atoms with Crippen LogP contribution in [0, 0.1) is 17.6 Å². The molecule has 2 rings (SSSR count). The van der Waals surface area contributed by atoms with E-state index in [2.05, 4.69) is 18.8 Å². The Hall–Kier alpha value is -1.65. The third-order valence-corrected chi connectivity index (χ3v) is 2.98. The fraction of sp³-hybridized carbons (Fsp3) is 0.462. The number of halogens is 2. The molecule has 0 saturated carbocycles. The lowest BCUT2D eigenvalue weighted by Gasteiger charge is -2.28. The van der Waals surface area contributed by atoms with Crippen LogP contribution in [0.3, 0.4) is 0 Å². The molecule has 0 aliphatic carbocycles. The van der Waals surface area contributed by atoms with Gasteiger partial charge in [0.1, 0.15) is 11.6 Å². The molecule has 0 aromatic heterocycles. The van der Waals surface area contributed by atoms with Crippen LogP contribution in [-0.2, 0) is 0 Å². The molecule has 0 amide bonds. The highest BCUT2D eigenvalue weighted by atomic mass is 19.1. The minimum Gasteiger partial charge on any atom is -0.370 e. The van der Waals surface area contributed by atoms with E-state index >= 15 is 0 Å².